The van der Waals surface area contributed by atoms with Gasteiger partial charge in [-0.3, -0.25) is 9.69 Å². The molecule has 128 valence electrons. The minimum atomic E-state index is -0.107. The van der Waals surface area contributed by atoms with Crippen LogP contribution in [0.3, 0.4) is 0 Å². The summed E-state index contributed by atoms with van der Waals surface area (Å²) < 4.78 is 5.51. The van der Waals surface area contributed by atoms with Crippen LogP contribution in [0.25, 0.3) is 0 Å². The number of hydrogen-bond donors (Lipinski definition) is 1. The molecule has 0 radical (unpaired) electrons. The summed E-state index contributed by atoms with van der Waals surface area (Å²) >= 11 is 11.9. The average molecular weight is 367 g/mol. The van der Waals surface area contributed by atoms with E-state index in [0.717, 1.165) is 5.56 Å². The lowest BCUT2D eigenvalue weighted by Crippen LogP contribution is -2.30. The van der Waals surface area contributed by atoms with Crippen LogP contribution in [0.5, 0.6) is 5.75 Å². The molecule has 4 nitrogen and oxygen atoms in total. The molecule has 2 aromatic carbocycles. The molecule has 0 fully saturated rings. The molecule has 0 aliphatic carbocycles. The van der Waals surface area contributed by atoms with Gasteiger partial charge in [0.2, 0.25) is 5.91 Å². The van der Waals surface area contributed by atoms with Gasteiger partial charge in [0.05, 0.1) is 28.9 Å². The quantitative estimate of drug-likeness (QED) is 0.786. The van der Waals surface area contributed by atoms with Gasteiger partial charge < -0.3 is 10.1 Å². The van der Waals surface area contributed by atoms with E-state index in [4.69, 9.17) is 27.9 Å². The molecule has 0 heterocycles. The van der Waals surface area contributed by atoms with Gasteiger partial charge in [-0.25, -0.2) is 0 Å². The van der Waals surface area contributed by atoms with Crippen molar-refractivity contribution in [3.05, 3.63) is 58.1 Å². The number of hydrogen-bond acceptors (Lipinski definition) is 3. The SMILES string of the molecule is CCOc1ccccc1NC(=O)CN(C)Cc1ccc(Cl)c(Cl)c1. The smallest absolute Gasteiger partial charge is 0.238 e. The zero-order chi connectivity index (χ0) is 17.5. The van der Waals surface area contributed by atoms with Crippen molar-refractivity contribution < 1.29 is 9.53 Å². The number of amides is 1. The predicted octanol–water partition coefficient (Wildman–Crippen LogP) is 4.46. The van der Waals surface area contributed by atoms with Gasteiger partial charge >= 0.3 is 0 Å². The summed E-state index contributed by atoms with van der Waals surface area (Å²) in [7, 11) is 1.87. The van der Waals surface area contributed by atoms with Crippen molar-refractivity contribution >= 4 is 34.8 Å². The molecule has 2 aromatic rings. The van der Waals surface area contributed by atoms with Gasteiger partial charge in [-0.05, 0) is 43.8 Å². The van der Waals surface area contributed by atoms with E-state index in [1.807, 2.05) is 55.3 Å². The van der Waals surface area contributed by atoms with E-state index in [2.05, 4.69) is 5.32 Å². The largest absolute Gasteiger partial charge is 0.492 e. The number of benzene rings is 2. The van der Waals surface area contributed by atoms with Gasteiger partial charge in [-0.1, -0.05) is 41.4 Å². The topological polar surface area (TPSA) is 41.6 Å². The number of ether oxygens (including phenoxy) is 1. The Morgan fingerprint density at radius 1 is 1.17 bits per heavy atom. The molecule has 1 amide bonds. The zero-order valence-electron chi connectivity index (χ0n) is 13.7. The third kappa shape index (κ3) is 5.41. The molecule has 0 spiro atoms. The zero-order valence-corrected chi connectivity index (χ0v) is 15.2. The lowest BCUT2D eigenvalue weighted by Gasteiger charge is -2.17. The van der Waals surface area contributed by atoms with E-state index in [-0.39, 0.29) is 12.5 Å². The number of carbonyl (C=O) groups excluding carboxylic acids is 1. The van der Waals surface area contributed by atoms with Gasteiger partial charge in [-0.15, -0.1) is 0 Å². The van der Waals surface area contributed by atoms with Crippen LogP contribution < -0.4 is 10.1 Å². The molecule has 2 rings (SSSR count). The van der Waals surface area contributed by atoms with Gasteiger partial charge in [-0.2, -0.15) is 0 Å². The van der Waals surface area contributed by atoms with Crippen LogP contribution in [-0.2, 0) is 11.3 Å². The summed E-state index contributed by atoms with van der Waals surface area (Å²) in [5.41, 5.74) is 1.67. The van der Waals surface area contributed by atoms with Crippen LogP contribution in [0.4, 0.5) is 5.69 Å². The minimum absolute atomic E-state index is 0.107. The van der Waals surface area contributed by atoms with Crippen LogP contribution in [0.15, 0.2) is 42.5 Å². The van der Waals surface area contributed by atoms with E-state index in [9.17, 15) is 4.79 Å². The number of rotatable bonds is 7. The molecule has 24 heavy (non-hydrogen) atoms. The van der Waals surface area contributed by atoms with Crippen LogP contribution in [-0.4, -0.2) is 31.0 Å². The number of para-hydroxylation sites is 2. The fraction of sp³-hybridized carbons (Fsp3) is 0.278. The molecule has 0 aliphatic rings. The average Bonchev–Trinajstić information content (AvgIpc) is 2.53. The Kier molecular flexibility index (Phi) is 6.91. The second-order valence-corrected chi connectivity index (χ2v) is 6.21. The molecule has 0 aromatic heterocycles. The molecule has 0 unspecified atom stereocenters. The lowest BCUT2D eigenvalue weighted by atomic mass is 10.2. The van der Waals surface area contributed by atoms with Crippen molar-refractivity contribution in [2.45, 2.75) is 13.5 Å². The minimum Gasteiger partial charge on any atom is -0.492 e. The molecular formula is C18H20Cl2N2O2. The summed E-state index contributed by atoms with van der Waals surface area (Å²) in [6.07, 6.45) is 0. The van der Waals surface area contributed by atoms with Crippen molar-refractivity contribution in [2.75, 3.05) is 25.5 Å². The normalized spacial score (nSPS) is 10.7. The molecule has 0 aliphatic heterocycles. The van der Waals surface area contributed by atoms with Gasteiger partial charge in [0.1, 0.15) is 5.75 Å². The maximum Gasteiger partial charge on any atom is 0.238 e. The van der Waals surface area contributed by atoms with Crippen LogP contribution in [0.2, 0.25) is 10.0 Å². The Morgan fingerprint density at radius 3 is 2.62 bits per heavy atom. The number of halogens is 2. The highest BCUT2D eigenvalue weighted by Gasteiger charge is 2.11. The molecule has 0 saturated heterocycles. The van der Waals surface area contributed by atoms with E-state index >= 15 is 0 Å². The maximum absolute atomic E-state index is 12.2. The molecular weight excluding hydrogens is 347 g/mol. The van der Waals surface area contributed by atoms with Crippen LogP contribution in [0.1, 0.15) is 12.5 Å². The highest BCUT2D eigenvalue weighted by Crippen LogP contribution is 2.24. The molecule has 0 atom stereocenters. The summed E-state index contributed by atoms with van der Waals surface area (Å²) in [6.45, 7) is 3.30. The Morgan fingerprint density at radius 2 is 1.92 bits per heavy atom. The molecule has 1 N–H and O–H groups in total. The van der Waals surface area contributed by atoms with Crippen molar-refractivity contribution in [3.8, 4) is 5.75 Å². The summed E-state index contributed by atoms with van der Waals surface area (Å²) in [4.78, 5) is 14.1. The van der Waals surface area contributed by atoms with Crippen molar-refractivity contribution in [2.24, 2.45) is 0 Å². The fourth-order valence-electron chi connectivity index (χ4n) is 2.29. The molecule has 6 heteroatoms. The Bertz CT molecular complexity index is 707. The Labute approximate surface area is 152 Å². The second kappa shape index (κ2) is 8.92. The van der Waals surface area contributed by atoms with E-state index in [1.165, 1.54) is 0 Å². The van der Waals surface area contributed by atoms with Crippen molar-refractivity contribution in [1.82, 2.24) is 4.90 Å². The predicted molar refractivity (Wildman–Crippen MR) is 99.0 cm³/mol. The first-order chi connectivity index (χ1) is 11.5. The standard InChI is InChI=1S/C18H20Cl2N2O2/c1-3-24-17-7-5-4-6-16(17)21-18(23)12-22(2)11-13-8-9-14(19)15(20)10-13/h4-10H,3,11-12H2,1-2H3,(H,21,23). The highest BCUT2D eigenvalue weighted by molar-refractivity contribution is 6.42. The van der Waals surface area contributed by atoms with E-state index < -0.39 is 0 Å². The van der Waals surface area contributed by atoms with E-state index in [0.29, 0.717) is 34.6 Å². The molecule has 0 bridgehead atoms. The summed E-state index contributed by atoms with van der Waals surface area (Å²) in [6, 6.07) is 12.8. The van der Waals surface area contributed by atoms with Crippen molar-refractivity contribution in [1.29, 1.82) is 0 Å². The monoisotopic (exact) mass is 366 g/mol. The Hall–Kier alpha value is -1.75. The second-order valence-electron chi connectivity index (χ2n) is 5.40. The third-order valence-electron chi connectivity index (χ3n) is 3.31. The van der Waals surface area contributed by atoms with Gasteiger partial charge in [0.15, 0.2) is 0 Å². The van der Waals surface area contributed by atoms with E-state index in [1.54, 1.807) is 6.07 Å². The first-order valence-corrected chi connectivity index (χ1v) is 8.39. The highest BCUT2D eigenvalue weighted by atomic mass is 35.5. The number of nitrogens with zero attached hydrogens (tertiary/aromatic N) is 1. The third-order valence-corrected chi connectivity index (χ3v) is 4.05. The number of anilines is 1. The van der Waals surface area contributed by atoms with Gasteiger partial charge in [0, 0.05) is 6.54 Å². The van der Waals surface area contributed by atoms with Gasteiger partial charge in [0.25, 0.3) is 0 Å². The van der Waals surface area contributed by atoms with Crippen LogP contribution >= 0.6 is 23.2 Å². The lowest BCUT2D eigenvalue weighted by molar-refractivity contribution is -0.117. The number of nitrogens with one attached hydrogen (secondary N) is 1. The van der Waals surface area contributed by atoms with Crippen molar-refractivity contribution in [3.63, 3.8) is 0 Å². The number of carbonyl (C=O) groups is 1. The number of likely N-dealkylation sites (N-methyl/N-ethyl adjacent to an activating group) is 1. The maximum atomic E-state index is 12.2. The summed E-state index contributed by atoms with van der Waals surface area (Å²) in [5, 5.41) is 3.91. The first-order valence-electron chi connectivity index (χ1n) is 7.63. The summed E-state index contributed by atoms with van der Waals surface area (Å²) in [5.74, 6) is 0.560. The molecule has 0 saturated carbocycles. The Balaban J connectivity index is 1.93. The fourth-order valence-corrected chi connectivity index (χ4v) is 2.61. The van der Waals surface area contributed by atoms with Crippen LogP contribution in [0, 0.1) is 0 Å². The first kappa shape index (κ1) is 18.6.